The summed E-state index contributed by atoms with van der Waals surface area (Å²) in [6.45, 7) is 1.03. The summed E-state index contributed by atoms with van der Waals surface area (Å²) in [6.07, 6.45) is 3.54. The molecule has 0 atom stereocenters. The molecule has 10 heteroatoms. The monoisotopic (exact) mass is 286 g/mol. The predicted octanol–water partition coefficient (Wildman–Crippen LogP) is -1.49. The molecule has 0 aromatic heterocycles. The maximum absolute atomic E-state index is 10.4. The smallest absolute Gasteiger partial charge is 0.318 e. The number of carbonyl (C=O) groups is 2. The Bertz CT molecular complexity index is 343. The van der Waals surface area contributed by atoms with E-state index < -0.39 is 12.1 Å². The highest BCUT2D eigenvalue weighted by atomic mass is 16.2. The molecule has 0 rings (SSSR count). The lowest BCUT2D eigenvalue weighted by Gasteiger charge is -2.02. The highest BCUT2D eigenvalue weighted by Gasteiger charge is 1.96. The molecule has 4 amide bonds. The van der Waals surface area contributed by atoms with Gasteiger partial charge in [-0.05, 0) is 12.8 Å². The fourth-order valence-corrected chi connectivity index (χ4v) is 1.31. The molecule has 0 aliphatic heterocycles. The van der Waals surface area contributed by atoms with Gasteiger partial charge < -0.3 is 22.9 Å². The maximum Gasteiger partial charge on any atom is 0.318 e. The van der Waals surface area contributed by atoms with E-state index in [-0.39, 0.29) is 11.9 Å². The normalized spacial score (nSPS) is 12.0. The molecule has 0 aromatic rings. The first-order valence-electron chi connectivity index (χ1n) is 6.14. The number of guanidine groups is 2. The van der Waals surface area contributed by atoms with E-state index in [1.165, 1.54) is 0 Å². The first-order valence-corrected chi connectivity index (χ1v) is 6.14. The van der Waals surface area contributed by atoms with Crippen molar-refractivity contribution in [2.75, 3.05) is 13.1 Å². The van der Waals surface area contributed by atoms with Crippen LogP contribution in [0.2, 0.25) is 0 Å². The topological polar surface area (TPSA) is 187 Å². The summed E-state index contributed by atoms with van der Waals surface area (Å²) in [5.41, 5.74) is 20.5. The van der Waals surface area contributed by atoms with Gasteiger partial charge in [-0.1, -0.05) is 12.8 Å². The molecular weight excluding hydrogens is 264 g/mol. The van der Waals surface area contributed by atoms with Crippen LogP contribution >= 0.6 is 0 Å². The van der Waals surface area contributed by atoms with E-state index in [1.54, 1.807) is 0 Å². The average Bonchev–Trinajstić information content (AvgIpc) is 2.30. The SMILES string of the molecule is NC(=O)NC(N)=NCCCCCCN=C(N)NC(N)=O. The van der Waals surface area contributed by atoms with Crippen LogP contribution in [0.4, 0.5) is 9.59 Å². The van der Waals surface area contributed by atoms with Gasteiger partial charge in [-0.3, -0.25) is 20.6 Å². The lowest BCUT2D eigenvalue weighted by atomic mass is 10.2. The maximum atomic E-state index is 10.4. The minimum atomic E-state index is -0.730. The fourth-order valence-electron chi connectivity index (χ4n) is 1.31. The van der Waals surface area contributed by atoms with Gasteiger partial charge in [-0.2, -0.15) is 0 Å². The van der Waals surface area contributed by atoms with Crippen LogP contribution in [0.15, 0.2) is 9.98 Å². The van der Waals surface area contributed by atoms with Gasteiger partial charge in [0, 0.05) is 13.1 Å². The van der Waals surface area contributed by atoms with E-state index in [4.69, 9.17) is 22.9 Å². The van der Waals surface area contributed by atoms with E-state index in [9.17, 15) is 9.59 Å². The van der Waals surface area contributed by atoms with Crippen LogP contribution < -0.4 is 33.6 Å². The number of rotatable bonds is 7. The van der Waals surface area contributed by atoms with Crippen LogP contribution in [0, 0.1) is 0 Å². The van der Waals surface area contributed by atoms with Crippen molar-refractivity contribution in [2.24, 2.45) is 32.9 Å². The summed E-state index contributed by atoms with van der Waals surface area (Å²) >= 11 is 0. The molecule has 0 saturated heterocycles. The van der Waals surface area contributed by atoms with E-state index in [0.29, 0.717) is 13.1 Å². The van der Waals surface area contributed by atoms with Crippen molar-refractivity contribution >= 4 is 24.0 Å². The Morgan fingerprint density at radius 3 is 1.35 bits per heavy atom. The quantitative estimate of drug-likeness (QED) is 0.189. The number of primary amides is 2. The summed E-state index contributed by atoms with van der Waals surface area (Å²) in [6, 6.07) is -1.46. The number of hydrogen-bond acceptors (Lipinski definition) is 4. The number of amides is 4. The van der Waals surface area contributed by atoms with Gasteiger partial charge in [0.25, 0.3) is 0 Å². The van der Waals surface area contributed by atoms with Crippen LogP contribution in [-0.4, -0.2) is 37.1 Å². The zero-order valence-electron chi connectivity index (χ0n) is 11.3. The van der Waals surface area contributed by atoms with Crippen molar-refractivity contribution in [3.05, 3.63) is 0 Å². The molecule has 0 bridgehead atoms. The van der Waals surface area contributed by atoms with Gasteiger partial charge in [0.05, 0.1) is 0 Å². The van der Waals surface area contributed by atoms with Crippen molar-refractivity contribution in [1.29, 1.82) is 0 Å². The molecule has 0 spiro atoms. The highest BCUT2D eigenvalue weighted by Crippen LogP contribution is 2.00. The Morgan fingerprint density at radius 1 is 0.700 bits per heavy atom. The molecule has 114 valence electrons. The molecule has 0 heterocycles. The Labute approximate surface area is 117 Å². The Hall–Kier alpha value is -2.52. The Kier molecular flexibility index (Phi) is 9.10. The second-order valence-corrected chi connectivity index (χ2v) is 3.93. The van der Waals surface area contributed by atoms with E-state index in [1.807, 2.05) is 0 Å². The molecule has 10 nitrogen and oxygen atoms in total. The molecule has 0 saturated carbocycles. The third-order valence-corrected chi connectivity index (χ3v) is 2.13. The highest BCUT2D eigenvalue weighted by molar-refractivity contribution is 5.94. The minimum Gasteiger partial charge on any atom is -0.370 e. The van der Waals surface area contributed by atoms with Gasteiger partial charge in [0.1, 0.15) is 0 Å². The number of aliphatic imine (C=N–C) groups is 2. The lowest BCUT2D eigenvalue weighted by molar-refractivity contribution is 0.252. The second kappa shape index (κ2) is 10.4. The largest absolute Gasteiger partial charge is 0.370 e. The molecule has 0 radical (unpaired) electrons. The van der Waals surface area contributed by atoms with Gasteiger partial charge in [-0.15, -0.1) is 0 Å². The summed E-state index contributed by atoms with van der Waals surface area (Å²) in [5.74, 6) is 0.0415. The average molecular weight is 286 g/mol. The molecule has 0 aliphatic rings. The minimum absolute atomic E-state index is 0.0207. The van der Waals surface area contributed by atoms with Crippen LogP contribution in [-0.2, 0) is 0 Å². The van der Waals surface area contributed by atoms with Crippen molar-refractivity contribution in [2.45, 2.75) is 25.7 Å². The molecule has 0 aromatic carbocycles. The first-order chi connectivity index (χ1) is 9.41. The van der Waals surface area contributed by atoms with Gasteiger partial charge >= 0.3 is 12.1 Å². The molecule has 0 aliphatic carbocycles. The summed E-state index contributed by atoms with van der Waals surface area (Å²) in [7, 11) is 0. The number of nitrogens with zero attached hydrogens (tertiary/aromatic N) is 2. The van der Waals surface area contributed by atoms with Crippen molar-refractivity contribution in [3.63, 3.8) is 0 Å². The van der Waals surface area contributed by atoms with E-state index >= 15 is 0 Å². The summed E-state index contributed by atoms with van der Waals surface area (Å²) in [5, 5.41) is 4.34. The summed E-state index contributed by atoms with van der Waals surface area (Å²) in [4.78, 5) is 28.7. The van der Waals surface area contributed by atoms with Gasteiger partial charge in [-0.25, -0.2) is 9.59 Å². The third kappa shape index (κ3) is 12.0. The van der Waals surface area contributed by atoms with Gasteiger partial charge in [0.15, 0.2) is 11.9 Å². The molecule has 10 N–H and O–H groups in total. The number of hydrogen-bond donors (Lipinski definition) is 6. The lowest BCUT2D eigenvalue weighted by Crippen LogP contribution is -2.40. The van der Waals surface area contributed by atoms with Crippen LogP contribution in [0.5, 0.6) is 0 Å². The zero-order chi connectivity index (χ0) is 15.4. The second-order valence-electron chi connectivity index (χ2n) is 3.93. The third-order valence-electron chi connectivity index (χ3n) is 2.13. The van der Waals surface area contributed by atoms with Crippen LogP contribution in [0.25, 0.3) is 0 Å². The number of nitrogens with one attached hydrogen (secondary N) is 2. The van der Waals surface area contributed by atoms with E-state index in [2.05, 4.69) is 20.6 Å². The fraction of sp³-hybridized carbons (Fsp3) is 0.600. The van der Waals surface area contributed by atoms with Crippen molar-refractivity contribution in [3.8, 4) is 0 Å². The number of nitrogens with two attached hydrogens (primary N) is 4. The Morgan fingerprint density at radius 2 is 1.05 bits per heavy atom. The molecule has 0 unspecified atom stereocenters. The first kappa shape index (κ1) is 17.5. The van der Waals surface area contributed by atoms with Crippen LogP contribution in [0.1, 0.15) is 25.7 Å². The molecule has 0 fully saturated rings. The van der Waals surface area contributed by atoms with Gasteiger partial charge in [0.2, 0.25) is 0 Å². The van der Waals surface area contributed by atoms with Crippen molar-refractivity contribution in [1.82, 2.24) is 10.6 Å². The summed E-state index contributed by atoms with van der Waals surface area (Å²) < 4.78 is 0. The zero-order valence-corrected chi connectivity index (χ0v) is 11.3. The standard InChI is InChI=1S/C10H22N8O2/c11-7(17-9(13)19)15-5-3-1-2-4-6-16-8(12)18-10(14)20/h1-6H2,(H5,11,13,15,17,19)(H5,12,14,16,18,20). The number of urea groups is 2. The number of carbonyl (C=O) groups excluding carboxylic acids is 2. The molecule has 20 heavy (non-hydrogen) atoms. The predicted molar refractivity (Wildman–Crippen MR) is 76.9 cm³/mol. The van der Waals surface area contributed by atoms with E-state index in [0.717, 1.165) is 25.7 Å². The van der Waals surface area contributed by atoms with Crippen molar-refractivity contribution < 1.29 is 9.59 Å². The Balaban J connectivity index is 3.54. The number of unbranched alkanes of at least 4 members (excludes halogenated alkanes) is 3. The molecular formula is C10H22N8O2. The van der Waals surface area contributed by atoms with Crippen LogP contribution in [0.3, 0.4) is 0 Å².